The summed E-state index contributed by atoms with van der Waals surface area (Å²) in [5.41, 5.74) is 8.05. The van der Waals surface area contributed by atoms with Crippen molar-refractivity contribution in [2.75, 3.05) is 13.6 Å². The highest BCUT2D eigenvalue weighted by Gasteiger charge is 2.39. The van der Waals surface area contributed by atoms with E-state index in [1.54, 1.807) is 0 Å². The molecule has 0 radical (unpaired) electrons. The molecule has 1 saturated carbocycles. The van der Waals surface area contributed by atoms with E-state index in [1.165, 1.54) is 19.3 Å². The lowest BCUT2D eigenvalue weighted by Crippen LogP contribution is -2.41. The van der Waals surface area contributed by atoms with Gasteiger partial charge in [0.2, 0.25) is 0 Å². The van der Waals surface area contributed by atoms with Crippen LogP contribution in [0.25, 0.3) is 0 Å². The minimum atomic E-state index is 0.569. The van der Waals surface area contributed by atoms with Gasteiger partial charge in [0.05, 0.1) is 5.69 Å². The molecule has 0 amide bonds. The van der Waals surface area contributed by atoms with Gasteiger partial charge >= 0.3 is 0 Å². The molecule has 3 unspecified atom stereocenters. The molecular weight excluding hydrogens is 250 g/mol. The fourth-order valence-electron chi connectivity index (χ4n) is 3.53. The lowest BCUT2D eigenvalue weighted by molar-refractivity contribution is 0.260. The first-order valence-corrected chi connectivity index (χ1v) is 7.76. The van der Waals surface area contributed by atoms with Gasteiger partial charge < -0.3 is 0 Å². The van der Waals surface area contributed by atoms with E-state index in [1.807, 2.05) is 12.3 Å². The maximum atomic E-state index is 4.58. The molecule has 5 heteroatoms. The highest BCUT2D eigenvalue weighted by atomic mass is 15.4. The van der Waals surface area contributed by atoms with E-state index in [0.717, 1.165) is 36.9 Å². The summed E-state index contributed by atoms with van der Waals surface area (Å²) < 4.78 is 0. The molecule has 2 fully saturated rings. The second kappa shape index (κ2) is 6.16. The van der Waals surface area contributed by atoms with Crippen LogP contribution in [0.5, 0.6) is 0 Å². The monoisotopic (exact) mass is 275 g/mol. The fourth-order valence-corrected chi connectivity index (χ4v) is 3.53. The summed E-state index contributed by atoms with van der Waals surface area (Å²) in [6, 6.07) is 3.29. The normalized spacial score (nSPS) is 29.1. The highest BCUT2D eigenvalue weighted by molar-refractivity contribution is 5.03. The largest absolute Gasteiger partial charge is 0.299 e. The molecule has 110 valence electrons. The van der Waals surface area contributed by atoms with Gasteiger partial charge in [-0.3, -0.25) is 15.8 Å². The molecule has 1 aromatic rings. The molecular formula is C15H25N5. The first-order chi connectivity index (χ1) is 9.76. The average Bonchev–Trinajstić information content (AvgIpc) is 3.04. The number of hydrazine groups is 1. The summed E-state index contributed by atoms with van der Waals surface area (Å²) in [5, 5.41) is 0. The van der Waals surface area contributed by atoms with Crippen molar-refractivity contribution >= 4 is 0 Å². The zero-order valence-electron chi connectivity index (χ0n) is 12.5. The van der Waals surface area contributed by atoms with Crippen LogP contribution in [0.3, 0.4) is 0 Å². The quantitative estimate of drug-likeness (QED) is 0.843. The van der Waals surface area contributed by atoms with Gasteiger partial charge in [0.15, 0.2) is 0 Å². The van der Waals surface area contributed by atoms with Gasteiger partial charge in [-0.1, -0.05) is 13.3 Å². The van der Waals surface area contributed by atoms with Crippen LogP contribution in [0.1, 0.15) is 37.7 Å². The minimum Gasteiger partial charge on any atom is -0.299 e. The average molecular weight is 275 g/mol. The SMILES string of the molecule is CCc1nccc(CN(C)CC2NNC3CCCC32)n1. The number of likely N-dealkylation sites (N-methyl/N-ethyl adjacent to an activating group) is 1. The van der Waals surface area contributed by atoms with E-state index in [0.29, 0.717) is 12.1 Å². The molecule has 3 atom stereocenters. The Balaban J connectivity index is 1.55. The van der Waals surface area contributed by atoms with Crippen molar-refractivity contribution in [3.05, 3.63) is 23.8 Å². The van der Waals surface area contributed by atoms with Crippen LogP contribution in [-0.4, -0.2) is 40.5 Å². The first kappa shape index (κ1) is 13.9. The molecule has 1 aliphatic heterocycles. The molecule has 0 aromatic carbocycles. The minimum absolute atomic E-state index is 0.569. The lowest BCUT2D eigenvalue weighted by Gasteiger charge is -2.24. The Labute approximate surface area is 121 Å². The summed E-state index contributed by atoms with van der Waals surface area (Å²) in [4.78, 5) is 11.2. The molecule has 0 bridgehead atoms. The number of hydrogen-bond donors (Lipinski definition) is 2. The zero-order valence-corrected chi connectivity index (χ0v) is 12.5. The van der Waals surface area contributed by atoms with Gasteiger partial charge in [0.1, 0.15) is 5.82 Å². The number of nitrogens with one attached hydrogen (secondary N) is 2. The van der Waals surface area contributed by atoms with Crippen molar-refractivity contribution in [2.24, 2.45) is 5.92 Å². The van der Waals surface area contributed by atoms with Crippen molar-refractivity contribution in [1.29, 1.82) is 0 Å². The molecule has 1 aliphatic carbocycles. The van der Waals surface area contributed by atoms with Crippen LogP contribution >= 0.6 is 0 Å². The Bertz CT molecular complexity index is 450. The number of fused-ring (bicyclic) bond motifs is 1. The third kappa shape index (κ3) is 3.00. The second-order valence-electron chi connectivity index (χ2n) is 6.11. The van der Waals surface area contributed by atoms with E-state index in [4.69, 9.17) is 0 Å². The van der Waals surface area contributed by atoms with E-state index >= 15 is 0 Å². The maximum Gasteiger partial charge on any atom is 0.128 e. The van der Waals surface area contributed by atoms with Gasteiger partial charge in [-0.2, -0.15) is 0 Å². The van der Waals surface area contributed by atoms with Gasteiger partial charge in [0.25, 0.3) is 0 Å². The number of aryl methyl sites for hydroxylation is 1. The molecule has 0 spiro atoms. The maximum absolute atomic E-state index is 4.58. The fraction of sp³-hybridized carbons (Fsp3) is 0.733. The second-order valence-corrected chi connectivity index (χ2v) is 6.11. The van der Waals surface area contributed by atoms with Crippen LogP contribution in [0.4, 0.5) is 0 Å². The Hall–Kier alpha value is -1.04. The summed E-state index contributed by atoms with van der Waals surface area (Å²) in [7, 11) is 2.18. The van der Waals surface area contributed by atoms with Gasteiger partial charge in [-0.05, 0) is 31.9 Å². The molecule has 2 N–H and O–H groups in total. The van der Waals surface area contributed by atoms with Crippen molar-refractivity contribution in [2.45, 2.75) is 51.2 Å². The third-order valence-electron chi connectivity index (χ3n) is 4.56. The van der Waals surface area contributed by atoms with Crippen LogP contribution < -0.4 is 10.9 Å². The van der Waals surface area contributed by atoms with Crippen molar-refractivity contribution in [1.82, 2.24) is 25.7 Å². The number of nitrogens with zero attached hydrogens (tertiary/aromatic N) is 3. The molecule has 2 heterocycles. The van der Waals surface area contributed by atoms with Crippen LogP contribution in [-0.2, 0) is 13.0 Å². The van der Waals surface area contributed by atoms with Gasteiger partial charge in [0, 0.05) is 37.8 Å². The number of aromatic nitrogens is 2. The summed E-state index contributed by atoms with van der Waals surface area (Å²) in [6.07, 6.45) is 6.82. The lowest BCUT2D eigenvalue weighted by atomic mass is 9.97. The van der Waals surface area contributed by atoms with E-state index in [9.17, 15) is 0 Å². The van der Waals surface area contributed by atoms with E-state index in [2.05, 4.69) is 39.7 Å². The summed E-state index contributed by atoms with van der Waals surface area (Å²) in [6.45, 7) is 4.06. The van der Waals surface area contributed by atoms with Gasteiger partial charge in [-0.25, -0.2) is 9.97 Å². The third-order valence-corrected chi connectivity index (χ3v) is 4.56. The molecule has 1 saturated heterocycles. The topological polar surface area (TPSA) is 53.1 Å². The summed E-state index contributed by atoms with van der Waals surface area (Å²) in [5.74, 6) is 1.74. The number of rotatable bonds is 5. The first-order valence-electron chi connectivity index (χ1n) is 7.76. The van der Waals surface area contributed by atoms with Crippen molar-refractivity contribution < 1.29 is 0 Å². The summed E-state index contributed by atoms with van der Waals surface area (Å²) >= 11 is 0. The molecule has 2 aliphatic rings. The predicted octanol–water partition coefficient (Wildman–Crippen LogP) is 1.12. The molecule has 20 heavy (non-hydrogen) atoms. The highest BCUT2D eigenvalue weighted by Crippen LogP contribution is 2.31. The van der Waals surface area contributed by atoms with E-state index < -0.39 is 0 Å². The molecule has 5 nitrogen and oxygen atoms in total. The van der Waals surface area contributed by atoms with Gasteiger partial charge in [-0.15, -0.1) is 0 Å². The standard InChI is InChI=1S/C15H25N5/c1-3-15-16-8-7-11(17-15)9-20(2)10-14-12-5-4-6-13(12)18-19-14/h7-8,12-14,18-19H,3-6,9-10H2,1-2H3. The van der Waals surface area contributed by atoms with Crippen molar-refractivity contribution in [3.8, 4) is 0 Å². The zero-order chi connectivity index (χ0) is 13.9. The van der Waals surface area contributed by atoms with Crippen LogP contribution in [0.15, 0.2) is 12.3 Å². The Morgan fingerprint density at radius 3 is 3.10 bits per heavy atom. The van der Waals surface area contributed by atoms with E-state index in [-0.39, 0.29) is 0 Å². The van der Waals surface area contributed by atoms with Crippen LogP contribution in [0.2, 0.25) is 0 Å². The van der Waals surface area contributed by atoms with Crippen molar-refractivity contribution in [3.63, 3.8) is 0 Å². The smallest absolute Gasteiger partial charge is 0.128 e. The Kier molecular flexibility index (Phi) is 4.29. The number of hydrogen-bond acceptors (Lipinski definition) is 5. The molecule has 1 aromatic heterocycles. The predicted molar refractivity (Wildman–Crippen MR) is 78.9 cm³/mol. The Morgan fingerprint density at radius 1 is 1.35 bits per heavy atom. The Morgan fingerprint density at radius 2 is 2.25 bits per heavy atom. The van der Waals surface area contributed by atoms with Crippen LogP contribution in [0, 0.1) is 5.92 Å². The molecule has 3 rings (SSSR count).